The minimum absolute atomic E-state index is 0.374. The fourth-order valence-electron chi connectivity index (χ4n) is 2.65. The summed E-state index contributed by atoms with van der Waals surface area (Å²) in [6, 6.07) is 7.04. The highest BCUT2D eigenvalue weighted by molar-refractivity contribution is 9.10. The zero-order valence-electron chi connectivity index (χ0n) is 7.39. The second-order valence-corrected chi connectivity index (χ2v) is 5.18. The number of fused-ring (bicyclic) bond motifs is 2. The number of nitrogens with two attached hydrogens (primary N) is 1. The maximum atomic E-state index is 6.01. The summed E-state index contributed by atoms with van der Waals surface area (Å²) in [5.41, 5.74) is 9.41. The first kappa shape index (κ1) is 8.01. The van der Waals surface area contributed by atoms with Crippen LogP contribution in [0.1, 0.15) is 24.0 Å². The van der Waals surface area contributed by atoms with Crippen molar-refractivity contribution in [3.05, 3.63) is 33.8 Å². The summed E-state index contributed by atoms with van der Waals surface area (Å²) in [5, 5.41) is 0. The van der Waals surface area contributed by atoms with Crippen molar-refractivity contribution in [3.63, 3.8) is 0 Å². The van der Waals surface area contributed by atoms with Gasteiger partial charge >= 0.3 is 0 Å². The Morgan fingerprint density at radius 1 is 1.46 bits per heavy atom. The van der Waals surface area contributed by atoms with E-state index in [0.717, 1.165) is 0 Å². The van der Waals surface area contributed by atoms with Crippen LogP contribution in [0.3, 0.4) is 0 Å². The first-order valence-corrected chi connectivity index (χ1v) is 5.56. The largest absolute Gasteiger partial charge is 0.327 e. The minimum atomic E-state index is 0.374. The molecule has 0 unspecified atom stereocenters. The van der Waals surface area contributed by atoms with Gasteiger partial charge in [0.2, 0.25) is 0 Å². The lowest BCUT2D eigenvalue weighted by Gasteiger charge is -2.09. The van der Waals surface area contributed by atoms with Gasteiger partial charge in [0.05, 0.1) is 0 Å². The molecule has 1 nitrogen and oxygen atoms in total. The van der Waals surface area contributed by atoms with Crippen LogP contribution < -0.4 is 5.73 Å². The Morgan fingerprint density at radius 3 is 2.92 bits per heavy atom. The van der Waals surface area contributed by atoms with Gasteiger partial charge in [0.1, 0.15) is 0 Å². The van der Waals surface area contributed by atoms with Crippen molar-refractivity contribution in [2.24, 2.45) is 5.73 Å². The highest BCUT2D eigenvalue weighted by Gasteiger charge is 2.56. The Morgan fingerprint density at radius 2 is 2.23 bits per heavy atom. The maximum Gasteiger partial charge on any atom is 0.0178 e. The normalized spacial score (nSPS) is 35.1. The monoisotopic (exact) mass is 237 g/mol. The molecule has 3 rings (SSSR count). The van der Waals surface area contributed by atoms with Crippen molar-refractivity contribution in [2.45, 2.75) is 30.7 Å². The predicted octanol–water partition coefficient (Wildman–Crippen LogP) is 2.36. The highest BCUT2D eigenvalue weighted by atomic mass is 79.9. The van der Waals surface area contributed by atoms with E-state index in [4.69, 9.17) is 5.73 Å². The number of hydrogen-bond donors (Lipinski definition) is 1. The van der Waals surface area contributed by atoms with Gasteiger partial charge in [-0.1, -0.05) is 22.0 Å². The topological polar surface area (TPSA) is 26.0 Å². The Hall–Kier alpha value is -0.340. The molecule has 0 bridgehead atoms. The third kappa shape index (κ3) is 0.960. The van der Waals surface area contributed by atoms with Gasteiger partial charge < -0.3 is 5.73 Å². The van der Waals surface area contributed by atoms with Crippen LogP contribution in [-0.2, 0) is 11.8 Å². The molecular formula is C11H12BrN. The lowest BCUT2D eigenvalue weighted by atomic mass is 9.98. The standard InChI is InChI=1S/C11H12BrN/c12-8-2-1-7-3-4-11(6-10(11)13)9(7)5-8/h1-2,5,10H,3-4,6,13H2/t10-,11-/m1/s1. The molecular weight excluding hydrogens is 226 g/mol. The molecule has 2 aliphatic rings. The van der Waals surface area contributed by atoms with Gasteiger partial charge in [0.15, 0.2) is 0 Å². The molecule has 1 aromatic carbocycles. The molecule has 0 aromatic heterocycles. The average molecular weight is 238 g/mol. The van der Waals surface area contributed by atoms with Gasteiger partial charge in [-0.3, -0.25) is 0 Å². The molecule has 2 heteroatoms. The van der Waals surface area contributed by atoms with E-state index in [-0.39, 0.29) is 0 Å². The van der Waals surface area contributed by atoms with Gasteiger partial charge in [-0.15, -0.1) is 0 Å². The van der Waals surface area contributed by atoms with E-state index in [9.17, 15) is 0 Å². The van der Waals surface area contributed by atoms with Crippen LogP contribution >= 0.6 is 15.9 Å². The number of benzene rings is 1. The fraction of sp³-hybridized carbons (Fsp3) is 0.455. The second-order valence-electron chi connectivity index (χ2n) is 4.27. The SMILES string of the molecule is N[C@@H]1C[C@@]12CCc1ccc(Br)cc12. The predicted molar refractivity (Wildman–Crippen MR) is 56.7 cm³/mol. The Balaban J connectivity index is 2.15. The van der Waals surface area contributed by atoms with E-state index in [0.29, 0.717) is 11.5 Å². The van der Waals surface area contributed by atoms with E-state index in [1.54, 1.807) is 0 Å². The third-order valence-corrected chi connectivity index (χ3v) is 4.08. The van der Waals surface area contributed by atoms with Gasteiger partial charge in [-0.05, 0) is 42.5 Å². The lowest BCUT2D eigenvalue weighted by Crippen LogP contribution is -2.15. The smallest absolute Gasteiger partial charge is 0.0178 e. The van der Waals surface area contributed by atoms with Crippen molar-refractivity contribution < 1.29 is 0 Å². The van der Waals surface area contributed by atoms with Crippen molar-refractivity contribution >= 4 is 15.9 Å². The Kier molecular flexibility index (Phi) is 1.46. The maximum absolute atomic E-state index is 6.01. The van der Waals surface area contributed by atoms with E-state index in [1.807, 2.05) is 0 Å². The zero-order valence-corrected chi connectivity index (χ0v) is 8.97. The summed E-state index contributed by atoms with van der Waals surface area (Å²) in [4.78, 5) is 0. The van der Waals surface area contributed by atoms with E-state index >= 15 is 0 Å². The molecule has 2 atom stereocenters. The number of hydrogen-bond acceptors (Lipinski definition) is 1. The Labute approximate surface area is 86.5 Å². The molecule has 1 saturated carbocycles. The van der Waals surface area contributed by atoms with Crippen molar-refractivity contribution in [1.82, 2.24) is 0 Å². The van der Waals surface area contributed by atoms with Crippen LogP contribution in [0, 0.1) is 0 Å². The van der Waals surface area contributed by atoms with E-state index < -0.39 is 0 Å². The molecule has 0 amide bonds. The van der Waals surface area contributed by atoms with E-state index in [1.165, 1.54) is 34.9 Å². The van der Waals surface area contributed by atoms with Crippen molar-refractivity contribution in [2.75, 3.05) is 0 Å². The van der Waals surface area contributed by atoms with Crippen LogP contribution in [0.2, 0.25) is 0 Å². The summed E-state index contributed by atoms with van der Waals surface area (Å²) in [6.07, 6.45) is 3.67. The first-order chi connectivity index (χ1) is 6.22. The highest BCUT2D eigenvalue weighted by Crippen LogP contribution is 2.56. The van der Waals surface area contributed by atoms with Crippen LogP contribution in [0.4, 0.5) is 0 Å². The zero-order chi connectivity index (χ0) is 9.05. The van der Waals surface area contributed by atoms with Gasteiger partial charge in [-0.2, -0.15) is 0 Å². The summed E-state index contributed by atoms with van der Waals surface area (Å²) >= 11 is 3.52. The summed E-state index contributed by atoms with van der Waals surface area (Å²) in [7, 11) is 0. The minimum Gasteiger partial charge on any atom is -0.327 e. The lowest BCUT2D eigenvalue weighted by molar-refractivity contribution is 0.650. The number of rotatable bonds is 0. The summed E-state index contributed by atoms with van der Waals surface area (Å²) in [6.45, 7) is 0. The van der Waals surface area contributed by atoms with Crippen LogP contribution in [0.5, 0.6) is 0 Å². The van der Waals surface area contributed by atoms with Crippen molar-refractivity contribution in [1.29, 1.82) is 0 Å². The van der Waals surface area contributed by atoms with E-state index in [2.05, 4.69) is 34.1 Å². The van der Waals surface area contributed by atoms with Gasteiger partial charge in [0, 0.05) is 15.9 Å². The molecule has 0 aliphatic heterocycles. The van der Waals surface area contributed by atoms with Crippen LogP contribution in [0.15, 0.2) is 22.7 Å². The molecule has 13 heavy (non-hydrogen) atoms. The van der Waals surface area contributed by atoms with Crippen LogP contribution in [0.25, 0.3) is 0 Å². The van der Waals surface area contributed by atoms with Gasteiger partial charge in [-0.25, -0.2) is 0 Å². The summed E-state index contributed by atoms with van der Waals surface area (Å²) < 4.78 is 1.19. The second kappa shape index (κ2) is 2.37. The molecule has 1 fully saturated rings. The molecule has 1 aromatic rings. The van der Waals surface area contributed by atoms with Gasteiger partial charge in [0.25, 0.3) is 0 Å². The number of aryl methyl sites for hydroxylation is 1. The number of halogens is 1. The molecule has 0 radical (unpaired) electrons. The third-order valence-electron chi connectivity index (χ3n) is 3.58. The molecule has 2 aliphatic carbocycles. The quantitative estimate of drug-likeness (QED) is 0.737. The molecule has 0 heterocycles. The van der Waals surface area contributed by atoms with Crippen LogP contribution in [-0.4, -0.2) is 6.04 Å². The Bertz CT molecular complexity index is 374. The molecule has 0 saturated heterocycles. The first-order valence-electron chi connectivity index (χ1n) is 4.77. The molecule has 68 valence electrons. The molecule has 2 N–H and O–H groups in total. The fourth-order valence-corrected chi connectivity index (χ4v) is 3.01. The summed E-state index contributed by atoms with van der Waals surface area (Å²) in [5.74, 6) is 0. The average Bonchev–Trinajstić information content (AvgIpc) is 2.61. The molecule has 1 spiro atoms. The van der Waals surface area contributed by atoms with Crippen molar-refractivity contribution in [3.8, 4) is 0 Å².